The molecule has 1 aromatic carbocycles. The molecule has 0 N–H and O–H groups in total. The molecule has 0 amide bonds. The van der Waals surface area contributed by atoms with Crippen molar-refractivity contribution >= 4 is 22.7 Å². The molecule has 3 rings (SSSR count). The molecular weight excluding hydrogens is 374 g/mol. The van der Waals surface area contributed by atoms with Gasteiger partial charge >= 0.3 is 0 Å². The predicted molar refractivity (Wildman–Crippen MR) is 112 cm³/mol. The van der Waals surface area contributed by atoms with E-state index in [-0.39, 0.29) is 11.7 Å². The summed E-state index contributed by atoms with van der Waals surface area (Å²) in [6.07, 6.45) is 4.94. The van der Waals surface area contributed by atoms with Gasteiger partial charge in [-0.15, -0.1) is 11.3 Å². The number of thiazole rings is 1. The number of nitro groups is 1. The second-order valence-electron chi connectivity index (χ2n) is 7.28. The molecule has 0 radical (unpaired) electrons. The van der Waals surface area contributed by atoms with Gasteiger partial charge in [0, 0.05) is 17.5 Å². The SMILES string of the molecule is CC(C)CCCC(C)n1c(-c2ccco2)csc1=Nc1ccccc1[N+](=O)[O-]. The Morgan fingerprint density at radius 3 is 2.64 bits per heavy atom. The quantitative estimate of drug-likeness (QED) is 0.328. The Balaban J connectivity index is 2.06. The molecule has 0 aliphatic rings. The first-order valence-corrected chi connectivity index (χ1v) is 10.4. The molecule has 28 heavy (non-hydrogen) atoms. The number of hydrogen-bond acceptors (Lipinski definition) is 5. The number of para-hydroxylation sites is 2. The summed E-state index contributed by atoms with van der Waals surface area (Å²) < 4.78 is 7.75. The van der Waals surface area contributed by atoms with Crippen molar-refractivity contribution < 1.29 is 9.34 Å². The summed E-state index contributed by atoms with van der Waals surface area (Å²) in [6.45, 7) is 6.62. The van der Waals surface area contributed by atoms with Gasteiger partial charge in [-0.1, -0.05) is 38.8 Å². The molecule has 0 saturated carbocycles. The Hall–Kier alpha value is -2.67. The van der Waals surface area contributed by atoms with E-state index < -0.39 is 4.92 Å². The van der Waals surface area contributed by atoms with Crippen LogP contribution < -0.4 is 4.80 Å². The van der Waals surface area contributed by atoms with Crippen molar-refractivity contribution in [1.82, 2.24) is 4.57 Å². The van der Waals surface area contributed by atoms with E-state index >= 15 is 0 Å². The highest BCUT2D eigenvalue weighted by molar-refractivity contribution is 7.07. The van der Waals surface area contributed by atoms with Crippen molar-refractivity contribution in [2.45, 2.75) is 46.1 Å². The van der Waals surface area contributed by atoms with Crippen LogP contribution in [-0.2, 0) is 0 Å². The van der Waals surface area contributed by atoms with Crippen LogP contribution in [0.15, 0.2) is 57.5 Å². The summed E-state index contributed by atoms with van der Waals surface area (Å²) in [4.78, 5) is 16.4. The normalized spacial score (nSPS) is 13.2. The molecule has 7 heteroatoms. The fourth-order valence-corrected chi connectivity index (χ4v) is 4.19. The topological polar surface area (TPSA) is 73.6 Å². The second kappa shape index (κ2) is 9.01. The Bertz CT molecular complexity index is 987. The molecule has 0 bridgehead atoms. The first kappa shape index (κ1) is 20.1. The van der Waals surface area contributed by atoms with Crippen LogP contribution in [0.25, 0.3) is 11.5 Å². The van der Waals surface area contributed by atoms with Gasteiger partial charge in [-0.3, -0.25) is 10.1 Å². The molecular formula is C21H25N3O3S. The molecule has 1 atom stereocenters. The van der Waals surface area contributed by atoms with Crippen molar-refractivity contribution in [3.05, 3.63) is 63.0 Å². The summed E-state index contributed by atoms with van der Waals surface area (Å²) >= 11 is 1.47. The van der Waals surface area contributed by atoms with Gasteiger partial charge in [0.1, 0.15) is 5.69 Å². The summed E-state index contributed by atoms with van der Waals surface area (Å²) in [5.74, 6) is 1.44. The highest BCUT2D eigenvalue weighted by atomic mass is 32.1. The average molecular weight is 400 g/mol. The molecule has 1 unspecified atom stereocenters. The lowest BCUT2D eigenvalue weighted by Gasteiger charge is -2.17. The highest BCUT2D eigenvalue weighted by Crippen LogP contribution is 2.29. The molecule has 0 spiro atoms. The van der Waals surface area contributed by atoms with E-state index in [0.717, 1.165) is 29.1 Å². The number of hydrogen-bond donors (Lipinski definition) is 0. The Labute approximate surface area is 168 Å². The third-order valence-electron chi connectivity index (χ3n) is 4.65. The van der Waals surface area contributed by atoms with E-state index in [1.165, 1.54) is 23.8 Å². The number of nitrogens with zero attached hydrogens (tertiary/aromatic N) is 3. The van der Waals surface area contributed by atoms with Gasteiger partial charge < -0.3 is 8.98 Å². The van der Waals surface area contributed by atoms with Gasteiger partial charge in [0.25, 0.3) is 5.69 Å². The molecule has 0 fully saturated rings. The lowest BCUT2D eigenvalue weighted by Crippen LogP contribution is -2.20. The minimum Gasteiger partial charge on any atom is -0.463 e. The van der Waals surface area contributed by atoms with Gasteiger partial charge in [0.15, 0.2) is 10.6 Å². The van der Waals surface area contributed by atoms with E-state index in [2.05, 4.69) is 30.3 Å². The number of aromatic nitrogens is 1. The second-order valence-corrected chi connectivity index (χ2v) is 8.12. The summed E-state index contributed by atoms with van der Waals surface area (Å²) in [7, 11) is 0. The molecule has 2 aromatic heterocycles. The third-order valence-corrected chi connectivity index (χ3v) is 5.49. The lowest BCUT2D eigenvalue weighted by molar-refractivity contribution is -0.384. The van der Waals surface area contributed by atoms with E-state index in [0.29, 0.717) is 11.6 Å². The zero-order valence-electron chi connectivity index (χ0n) is 16.4. The van der Waals surface area contributed by atoms with Crippen LogP contribution in [0, 0.1) is 16.0 Å². The maximum Gasteiger partial charge on any atom is 0.294 e. The maximum atomic E-state index is 11.4. The zero-order valence-corrected chi connectivity index (χ0v) is 17.2. The minimum atomic E-state index is -0.393. The largest absolute Gasteiger partial charge is 0.463 e. The van der Waals surface area contributed by atoms with Crippen LogP contribution in [0.4, 0.5) is 11.4 Å². The van der Waals surface area contributed by atoms with Crippen molar-refractivity contribution in [2.24, 2.45) is 10.9 Å². The maximum absolute atomic E-state index is 11.4. The minimum absolute atomic E-state index is 0.00876. The van der Waals surface area contributed by atoms with E-state index in [1.807, 2.05) is 17.5 Å². The molecule has 3 aromatic rings. The van der Waals surface area contributed by atoms with Crippen LogP contribution in [-0.4, -0.2) is 9.49 Å². The Morgan fingerprint density at radius 2 is 1.96 bits per heavy atom. The summed E-state index contributed by atoms with van der Waals surface area (Å²) in [6, 6.07) is 10.6. The monoisotopic (exact) mass is 399 g/mol. The molecule has 2 heterocycles. The van der Waals surface area contributed by atoms with E-state index in [4.69, 9.17) is 4.42 Å². The standard InChI is InChI=1S/C21H25N3O3S/c1-15(2)8-6-9-16(3)23-19(20-12-7-13-27-20)14-28-21(23)22-17-10-4-5-11-18(17)24(25)26/h4-5,7,10-16H,6,8-9H2,1-3H3. The van der Waals surface area contributed by atoms with Crippen LogP contribution in [0.5, 0.6) is 0 Å². The fourth-order valence-electron chi connectivity index (χ4n) is 3.20. The van der Waals surface area contributed by atoms with Crippen LogP contribution in [0.1, 0.15) is 46.1 Å². The van der Waals surface area contributed by atoms with Crippen LogP contribution in [0.2, 0.25) is 0 Å². The summed E-state index contributed by atoms with van der Waals surface area (Å²) in [5.41, 5.74) is 1.32. The predicted octanol–water partition coefficient (Wildman–Crippen LogP) is 6.34. The zero-order chi connectivity index (χ0) is 20.1. The number of nitro benzene ring substituents is 1. The number of rotatable bonds is 8. The first-order chi connectivity index (χ1) is 13.5. The molecule has 0 aliphatic carbocycles. The lowest BCUT2D eigenvalue weighted by atomic mass is 10.0. The van der Waals surface area contributed by atoms with Crippen molar-refractivity contribution in [1.29, 1.82) is 0 Å². The van der Waals surface area contributed by atoms with Gasteiger partial charge in [-0.05, 0) is 37.5 Å². The number of furan rings is 1. The summed E-state index contributed by atoms with van der Waals surface area (Å²) in [5, 5.41) is 13.4. The van der Waals surface area contributed by atoms with Gasteiger partial charge in [-0.2, -0.15) is 0 Å². The fraction of sp³-hybridized carbons (Fsp3) is 0.381. The average Bonchev–Trinajstić information content (AvgIpc) is 3.31. The van der Waals surface area contributed by atoms with Crippen LogP contribution >= 0.6 is 11.3 Å². The molecule has 0 aliphatic heterocycles. The number of benzene rings is 1. The van der Waals surface area contributed by atoms with Gasteiger partial charge in [0.05, 0.1) is 16.9 Å². The van der Waals surface area contributed by atoms with Crippen molar-refractivity contribution in [3.63, 3.8) is 0 Å². The molecule has 6 nitrogen and oxygen atoms in total. The molecule has 148 valence electrons. The smallest absolute Gasteiger partial charge is 0.294 e. The van der Waals surface area contributed by atoms with E-state index in [1.54, 1.807) is 24.5 Å². The molecule has 0 saturated heterocycles. The Kier molecular flexibility index (Phi) is 6.46. The highest BCUT2D eigenvalue weighted by Gasteiger charge is 2.17. The third kappa shape index (κ3) is 4.59. The van der Waals surface area contributed by atoms with E-state index in [9.17, 15) is 10.1 Å². The van der Waals surface area contributed by atoms with Crippen molar-refractivity contribution in [2.75, 3.05) is 0 Å². The van der Waals surface area contributed by atoms with Crippen molar-refractivity contribution in [3.8, 4) is 11.5 Å². The van der Waals surface area contributed by atoms with Crippen LogP contribution in [0.3, 0.4) is 0 Å². The van der Waals surface area contributed by atoms with Gasteiger partial charge in [-0.25, -0.2) is 4.99 Å². The van der Waals surface area contributed by atoms with Gasteiger partial charge in [0.2, 0.25) is 0 Å². The first-order valence-electron chi connectivity index (χ1n) is 9.49. The Morgan fingerprint density at radius 1 is 1.18 bits per heavy atom.